The summed E-state index contributed by atoms with van der Waals surface area (Å²) in [5.41, 5.74) is 0. The number of carbonyl (C=O) groups excluding carboxylic acids is 1. The summed E-state index contributed by atoms with van der Waals surface area (Å²) in [4.78, 5) is 14.4. The highest BCUT2D eigenvalue weighted by molar-refractivity contribution is 7.92. The normalized spacial score (nSPS) is 28.3. The maximum absolute atomic E-state index is 12.7. The molecule has 0 aromatic rings. The van der Waals surface area contributed by atoms with E-state index in [4.69, 9.17) is 4.74 Å². The quantitative estimate of drug-likeness (QED) is 0.740. The van der Waals surface area contributed by atoms with E-state index in [1.54, 1.807) is 4.90 Å². The van der Waals surface area contributed by atoms with Crippen LogP contribution in [0.1, 0.15) is 32.6 Å². The fraction of sp³-hybridized carbons (Fsp3) is 0.917. The van der Waals surface area contributed by atoms with Crippen LogP contribution in [0.25, 0.3) is 0 Å². The molecule has 5 nitrogen and oxygen atoms in total. The van der Waals surface area contributed by atoms with Gasteiger partial charge in [-0.2, -0.15) is 0 Å². The largest absolute Gasteiger partial charge is 0.377 e. The lowest BCUT2D eigenvalue weighted by molar-refractivity contribution is -0.141. The molecule has 0 aromatic carbocycles. The molecule has 18 heavy (non-hydrogen) atoms. The van der Waals surface area contributed by atoms with Crippen LogP contribution in [-0.4, -0.2) is 56.0 Å². The van der Waals surface area contributed by atoms with E-state index in [9.17, 15) is 13.2 Å². The lowest BCUT2D eigenvalue weighted by Crippen LogP contribution is -2.57. The Bertz CT molecular complexity index is 425. The minimum Gasteiger partial charge on any atom is -0.377 e. The Morgan fingerprint density at radius 2 is 1.94 bits per heavy atom. The van der Waals surface area contributed by atoms with Gasteiger partial charge in [0.05, 0.1) is 19.3 Å². The molecule has 1 heterocycles. The lowest BCUT2D eigenvalue weighted by atomic mass is 10.0. The van der Waals surface area contributed by atoms with Crippen molar-refractivity contribution in [2.75, 3.05) is 26.0 Å². The molecule has 1 atom stereocenters. The van der Waals surface area contributed by atoms with E-state index in [2.05, 4.69) is 0 Å². The lowest BCUT2D eigenvalue weighted by Gasteiger charge is -2.39. The van der Waals surface area contributed by atoms with Crippen LogP contribution in [0.2, 0.25) is 0 Å². The molecule has 1 aliphatic carbocycles. The SMILES string of the molecule is C[C@@H]1COCCN1C(=O)C1(S(C)(=O)=O)CCCC1. The van der Waals surface area contributed by atoms with Crippen molar-refractivity contribution in [1.82, 2.24) is 4.90 Å². The van der Waals surface area contributed by atoms with Crippen LogP contribution >= 0.6 is 0 Å². The molecule has 2 fully saturated rings. The predicted octanol–water partition coefficient (Wildman–Crippen LogP) is 0.591. The van der Waals surface area contributed by atoms with E-state index in [-0.39, 0.29) is 11.9 Å². The number of amides is 1. The first kappa shape index (κ1) is 13.8. The van der Waals surface area contributed by atoms with Crippen molar-refractivity contribution in [1.29, 1.82) is 0 Å². The van der Waals surface area contributed by atoms with Crippen molar-refractivity contribution >= 4 is 15.7 Å². The molecule has 0 radical (unpaired) electrons. The van der Waals surface area contributed by atoms with Crippen LogP contribution in [0.15, 0.2) is 0 Å². The summed E-state index contributed by atoms with van der Waals surface area (Å²) in [7, 11) is -3.37. The van der Waals surface area contributed by atoms with Crippen molar-refractivity contribution in [3.8, 4) is 0 Å². The summed E-state index contributed by atoms with van der Waals surface area (Å²) >= 11 is 0. The van der Waals surface area contributed by atoms with Gasteiger partial charge in [0.25, 0.3) is 0 Å². The number of morpholine rings is 1. The van der Waals surface area contributed by atoms with Gasteiger partial charge in [0.2, 0.25) is 5.91 Å². The van der Waals surface area contributed by atoms with E-state index < -0.39 is 14.6 Å². The molecule has 0 bridgehead atoms. The highest BCUT2D eigenvalue weighted by Crippen LogP contribution is 2.38. The van der Waals surface area contributed by atoms with Crippen LogP contribution in [0, 0.1) is 0 Å². The van der Waals surface area contributed by atoms with Crippen molar-refractivity contribution in [3.05, 3.63) is 0 Å². The smallest absolute Gasteiger partial charge is 0.244 e. The molecule has 1 saturated heterocycles. The van der Waals surface area contributed by atoms with Gasteiger partial charge in [-0.15, -0.1) is 0 Å². The molecule has 0 spiro atoms. The van der Waals surface area contributed by atoms with Crippen molar-refractivity contribution in [2.45, 2.75) is 43.4 Å². The summed E-state index contributed by atoms with van der Waals surface area (Å²) in [5.74, 6) is -0.210. The Morgan fingerprint density at radius 1 is 1.33 bits per heavy atom. The van der Waals surface area contributed by atoms with Crippen LogP contribution in [0.5, 0.6) is 0 Å². The van der Waals surface area contributed by atoms with E-state index in [0.29, 0.717) is 32.6 Å². The fourth-order valence-electron chi connectivity index (χ4n) is 2.98. The molecule has 0 N–H and O–H groups in total. The third kappa shape index (κ3) is 2.16. The van der Waals surface area contributed by atoms with E-state index in [1.165, 1.54) is 6.26 Å². The van der Waals surface area contributed by atoms with Crippen LogP contribution in [0.4, 0.5) is 0 Å². The second-order valence-corrected chi connectivity index (χ2v) is 7.72. The number of hydrogen-bond donors (Lipinski definition) is 0. The first-order valence-electron chi connectivity index (χ1n) is 6.47. The molecule has 2 aliphatic rings. The topological polar surface area (TPSA) is 63.7 Å². The number of rotatable bonds is 2. The van der Waals surface area contributed by atoms with Gasteiger partial charge < -0.3 is 9.64 Å². The number of hydrogen-bond acceptors (Lipinski definition) is 4. The van der Waals surface area contributed by atoms with Crippen molar-refractivity contribution in [3.63, 3.8) is 0 Å². The molecule has 1 saturated carbocycles. The minimum atomic E-state index is -3.37. The maximum atomic E-state index is 12.7. The summed E-state index contributed by atoms with van der Waals surface area (Å²) in [6, 6.07) is -0.0366. The van der Waals surface area contributed by atoms with E-state index in [1.807, 2.05) is 6.92 Å². The fourth-order valence-corrected chi connectivity index (χ4v) is 4.44. The molecule has 1 amide bonds. The Kier molecular flexibility index (Phi) is 3.69. The molecule has 2 rings (SSSR count). The van der Waals surface area contributed by atoms with Gasteiger partial charge in [-0.1, -0.05) is 12.8 Å². The zero-order valence-electron chi connectivity index (χ0n) is 11.0. The Morgan fingerprint density at radius 3 is 2.44 bits per heavy atom. The zero-order chi connectivity index (χ0) is 13.4. The van der Waals surface area contributed by atoms with E-state index in [0.717, 1.165) is 12.8 Å². The van der Waals surface area contributed by atoms with Crippen molar-refractivity contribution in [2.24, 2.45) is 0 Å². The van der Waals surface area contributed by atoms with Gasteiger partial charge in [0, 0.05) is 12.8 Å². The summed E-state index contributed by atoms with van der Waals surface area (Å²) in [6.07, 6.45) is 3.76. The molecule has 6 heteroatoms. The van der Waals surface area contributed by atoms with Gasteiger partial charge in [0.15, 0.2) is 14.6 Å². The third-order valence-electron chi connectivity index (χ3n) is 4.14. The Hall–Kier alpha value is -0.620. The first-order chi connectivity index (χ1) is 8.38. The highest BCUT2D eigenvalue weighted by atomic mass is 32.2. The van der Waals surface area contributed by atoms with Crippen LogP contribution in [0.3, 0.4) is 0 Å². The van der Waals surface area contributed by atoms with Crippen molar-refractivity contribution < 1.29 is 17.9 Å². The second kappa shape index (κ2) is 4.81. The molecule has 0 unspecified atom stereocenters. The Labute approximate surface area is 108 Å². The van der Waals surface area contributed by atoms with Gasteiger partial charge in [0.1, 0.15) is 0 Å². The summed E-state index contributed by atoms with van der Waals surface area (Å²) in [5, 5.41) is 0. The van der Waals surface area contributed by atoms with Gasteiger partial charge in [-0.3, -0.25) is 4.79 Å². The standard InChI is InChI=1S/C12H21NO4S/c1-10-9-17-8-7-13(10)11(14)12(18(2,15)16)5-3-4-6-12/h10H,3-9H2,1-2H3/t10-/m1/s1. The molecule has 104 valence electrons. The second-order valence-electron chi connectivity index (χ2n) is 5.40. The summed E-state index contributed by atoms with van der Waals surface area (Å²) < 4.78 is 28.3. The van der Waals surface area contributed by atoms with Gasteiger partial charge >= 0.3 is 0 Å². The Balaban J connectivity index is 2.29. The average molecular weight is 275 g/mol. The van der Waals surface area contributed by atoms with Crippen LogP contribution in [-0.2, 0) is 19.4 Å². The molecular weight excluding hydrogens is 254 g/mol. The summed E-state index contributed by atoms with van der Waals surface area (Å²) in [6.45, 7) is 3.39. The van der Waals surface area contributed by atoms with E-state index >= 15 is 0 Å². The third-order valence-corrected chi connectivity index (χ3v) is 6.14. The molecule has 0 aromatic heterocycles. The number of sulfone groups is 1. The number of carbonyl (C=O) groups is 1. The first-order valence-corrected chi connectivity index (χ1v) is 8.36. The average Bonchev–Trinajstić information content (AvgIpc) is 2.78. The van der Waals surface area contributed by atoms with Gasteiger partial charge in [-0.05, 0) is 19.8 Å². The zero-order valence-corrected chi connectivity index (χ0v) is 11.8. The highest BCUT2D eigenvalue weighted by Gasteiger charge is 2.52. The maximum Gasteiger partial charge on any atom is 0.244 e. The predicted molar refractivity (Wildman–Crippen MR) is 68.0 cm³/mol. The number of nitrogens with zero attached hydrogens (tertiary/aromatic N) is 1. The minimum absolute atomic E-state index is 0.0366. The van der Waals surface area contributed by atoms with Gasteiger partial charge in [-0.25, -0.2) is 8.42 Å². The number of ether oxygens (including phenoxy) is 1. The molecular formula is C12H21NO4S. The molecule has 1 aliphatic heterocycles. The monoisotopic (exact) mass is 275 g/mol. The van der Waals surface area contributed by atoms with Crippen LogP contribution < -0.4 is 0 Å².